The van der Waals surface area contributed by atoms with Crippen LogP contribution in [0.4, 0.5) is 51.2 Å². The Kier molecular flexibility index (Phi) is 9.74. The molecule has 0 radical (unpaired) electrons. The summed E-state index contributed by atoms with van der Waals surface area (Å²) in [6.07, 6.45) is 0. The van der Waals surface area contributed by atoms with Gasteiger partial charge in [0.25, 0.3) is 0 Å². The number of furan rings is 2. The van der Waals surface area contributed by atoms with Crippen molar-refractivity contribution in [2.45, 2.75) is 0 Å². The smallest absolute Gasteiger partial charge is 0.137 e. The fraction of sp³-hybridized carbons (Fsp3) is 0. The first-order valence-electron chi connectivity index (χ1n) is 24.3. The van der Waals surface area contributed by atoms with Gasteiger partial charge in [-0.3, -0.25) is 0 Å². The lowest BCUT2D eigenvalue weighted by atomic mass is 10.1. The highest BCUT2D eigenvalue weighted by molar-refractivity contribution is 6.12. The number of nitrogens with zero attached hydrogens (tertiary/aromatic N) is 4. The number of fused-ring (bicyclic) bond motifs is 9. The lowest BCUT2D eigenvalue weighted by Crippen LogP contribution is -2.10. The molecular weight excluding hydrogens is 881 g/mol. The second kappa shape index (κ2) is 17.0. The summed E-state index contributed by atoms with van der Waals surface area (Å²) in [6.45, 7) is 0. The Bertz CT molecular complexity index is 4000. The maximum atomic E-state index is 6.89. The van der Waals surface area contributed by atoms with Crippen molar-refractivity contribution in [2.75, 3.05) is 14.7 Å². The van der Waals surface area contributed by atoms with Gasteiger partial charge in [0, 0.05) is 113 Å². The van der Waals surface area contributed by atoms with Crippen LogP contribution in [0.2, 0.25) is 0 Å². The lowest BCUT2D eigenvalue weighted by molar-refractivity contribution is 0.669. The van der Waals surface area contributed by atoms with Crippen molar-refractivity contribution in [1.82, 2.24) is 4.57 Å². The van der Waals surface area contributed by atoms with Gasteiger partial charge in [-0.15, -0.1) is 0 Å². The molecule has 340 valence electrons. The van der Waals surface area contributed by atoms with Gasteiger partial charge in [0.15, 0.2) is 0 Å². The Morgan fingerprint density at radius 1 is 0.222 bits per heavy atom. The van der Waals surface area contributed by atoms with Gasteiger partial charge in [0.05, 0.1) is 11.0 Å². The Hall–Kier alpha value is -9.78. The van der Waals surface area contributed by atoms with Gasteiger partial charge in [-0.25, -0.2) is 0 Å². The quantitative estimate of drug-likeness (QED) is 0.137. The van der Waals surface area contributed by atoms with Crippen molar-refractivity contribution in [3.63, 3.8) is 0 Å². The molecule has 0 aliphatic carbocycles. The normalized spacial score (nSPS) is 11.6. The molecule has 0 atom stereocenters. The average Bonchev–Trinajstić information content (AvgIpc) is 4.11. The van der Waals surface area contributed by atoms with E-state index in [1.54, 1.807) is 0 Å². The van der Waals surface area contributed by atoms with Gasteiger partial charge in [-0.1, -0.05) is 115 Å². The van der Waals surface area contributed by atoms with E-state index in [1.165, 1.54) is 10.8 Å². The number of hydrogen-bond donors (Lipinski definition) is 0. The van der Waals surface area contributed by atoms with Gasteiger partial charge in [0.2, 0.25) is 0 Å². The summed E-state index contributed by atoms with van der Waals surface area (Å²) in [7, 11) is 0. The minimum Gasteiger partial charge on any atom is -0.456 e. The van der Waals surface area contributed by atoms with E-state index in [9.17, 15) is 0 Å². The third-order valence-electron chi connectivity index (χ3n) is 13.9. The van der Waals surface area contributed by atoms with E-state index < -0.39 is 0 Å². The third kappa shape index (κ3) is 6.96. The fourth-order valence-corrected chi connectivity index (χ4v) is 10.7. The highest BCUT2D eigenvalue weighted by atomic mass is 16.3. The molecule has 0 bridgehead atoms. The van der Waals surface area contributed by atoms with Crippen molar-refractivity contribution in [2.24, 2.45) is 0 Å². The largest absolute Gasteiger partial charge is 0.456 e. The Labute approximate surface area is 415 Å². The van der Waals surface area contributed by atoms with Gasteiger partial charge in [-0.05, 0) is 127 Å². The first-order chi connectivity index (χ1) is 35.7. The molecule has 72 heavy (non-hydrogen) atoms. The van der Waals surface area contributed by atoms with Crippen molar-refractivity contribution < 1.29 is 8.83 Å². The lowest BCUT2D eigenvalue weighted by Gasteiger charge is -2.25. The van der Waals surface area contributed by atoms with Gasteiger partial charge in [-0.2, -0.15) is 0 Å². The number of rotatable bonds is 10. The first-order valence-corrected chi connectivity index (χ1v) is 24.3. The van der Waals surface area contributed by atoms with E-state index in [0.717, 1.165) is 112 Å². The standard InChI is InChI=1S/C66H44N4O2/c1-6-18-45(19-7-1)67(46-20-8-2-9-21-46)51-31-36-57-59-38-33-53(43-65(59)71-63(57)41-51)69(50-30-35-56-55-28-16-17-29-61(55)70(62(56)40-50)49-26-14-5-15-27-49)54-34-39-60-58-37-32-52(42-64(58)72-66(60)44-54)68(47-22-10-3-11-23-47)48-24-12-4-13-25-48/h1-44H. The monoisotopic (exact) mass is 924 g/mol. The number of hydrogen-bond acceptors (Lipinski definition) is 5. The van der Waals surface area contributed by atoms with Gasteiger partial charge in [0.1, 0.15) is 22.3 Å². The molecule has 0 spiro atoms. The minimum absolute atomic E-state index is 0.800. The van der Waals surface area contributed by atoms with Crippen molar-refractivity contribution in [1.29, 1.82) is 0 Å². The van der Waals surface area contributed by atoms with Crippen LogP contribution in [0.15, 0.2) is 276 Å². The van der Waals surface area contributed by atoms with E-state index in [2.05, 4.69) is 262 Å². The molecule has 14 aromatic rings. The van der Waals surface area contributed by atoms with E-state index in [-0.39, 0.29) is 0 Å². The van der Waals surface area contributed by atoms with Crippen LogP contribution in [0.1, 0.15) is 0 Å². The zero-order valence-electron chi connectivity index (χ0n) is 39.0. The molecule has 0 N–H and O–H groups in total. The molecule has 14 rings (SSSR count). The Morgan fingerprint density at radius 2 is 0.514 bits per heavy atom. The minimum atomic E-state index is 0.800. The summed E-state index contributed by atoms with van der Waals surface area (Å²) in [5.41, 5.74) is 15.8. The molecule has 3 heterocycles. The molecular formula is C66H44N4O2. The summed E-state index contributed by atoms with van der Waals surface area (Å²) in [4.78, 5) is 6.85. The summed E-state index contributed by atoms with van der Waals surface area (Å²) >= 11 is 0. The van der Waals surface area contributed by atoms with Crippen LogP contribution in [0.5, 0.6) is 0 Å². The van der Waals surface area contributed by atoms with Crippen LogP contribution < -0.4 is 14.7 Å². The summed E-state index contributed by atoms with van der Waals surface area (Å²) in [6, 6.07) is 94.2. The van der Waals surface area contributed by atoms with E-state index in [0.29, 0.717) is 0 Å². The second-order valence-electron chi connectivity index (χ2n) is 18.2. The fourth-order valence-electron chi connectivity index (χ4n) is 10.7. The molecule has 6 heteroatoms. The highest BCUT2D eigenvalue weighted by Gasteiger charge is 2.22. The third-order valence-corrected chi connectivity index (χ3v) is 13.9. The summed E-state index contributed by atoms with van der Waals surface area (Å²) < 4.78 is 16.1. The van der Waals surface area contributed by atoms with Crippen LogP contribution in [-0.2, 0) is 0 Å². The predicted molar refractivity (Wildman–Crippen MR) is 299 cm³/mol. The zero-order chi connectivity index (χ0) is 47.5. The van der Waals surface area contributed by atoms with Crippen molar-refractivity contribution in [3.05, 3.63) is 267 Å². The van der Waals surface area contributed by atoms with Gasteiger partial charge < -0.3 is 28.1 Å². The SMILES string of the molecule is c1ccc(N(c2ccccc2)c2ccc3c(c2)oc2cc(N(c4ccc5c(c4)oc4cc(N(c6ccccc6)c6ccccc6)ccc45)c4ccc5c6ccccc6n(-c6ccccc6)c5c4)ccc23)cc1. The van der Waals surface area contributed by atoms with E-state index in [4.69, 9.17) is 8.83 Å². The molecule has 0 unspecified atom stereocenters. The predicted octanol–water partition coefficient (Wildman–Crippen LogP) is 19.0. The van der Waals surface area contributed by atoms with E-state index >= 15 is 0 Å². The average molecular weight is 925 g/mol. The topological polar surface area (TPSA) is 40.9 Å². The molecule has 0 aliphatic rings. The number of benzene rings is 11. The van der Waals surface area contributed by atoms with Crippen LogP contribution >= 0.6 is 0 Å². The Balaban J connectivity index is 0.933. The zero-order valence-corrected chi connectivity index (χ0v) is 39.0. The molecule has 6 nitrogen and oxygen atoms in total. The van der Waals surface area contributed by atoms with E-state index in [1.807, 2.05) is 24.3 Å². The molecule has 0 saturated heterocycles. The second-order valence-corrected chi connectivity index (χ2v) is 18.2. The molecule has 11 aromatic carbocycles. The maximum Gasteiger partial charge on any atom is 0.137 e. The number of aromatic nitrogens is 1. The first kappa shape index (κ1) is 41.2. The number of para-hydroxylation sites is 6. The molecule has 0 saturated carbocycles. The maximum absolute atomic E-state index is 6.89. The molecule has 0 amide bonds. The number of anilines is 9. The molecule has 0 fully saturated rings. The van der Waals surface area contributed by atoms with Gasteiger partial charge >= 0.3 is 0 Å². The van der Waals surface area contributed by atoms with Crippen LogP contribution in [-0.4, -0.2) is 4.57 Å². The van der Waals surface area contributed by atoms with Crippen LogP contribution in [0.3, 0.4) is 0 Å². The van der Waals surface area contributed by atoms with Crippen molar-refractivity contribution in [3.8, 4) is 5.69 Å². The summed E-state index contributed by atoms with van der Waals surface area (Å²) in [5.74, 6) is 0. The molecule has 3 aromatic heterocycles. The van der Waals surface area contributed by atoms with Crippen LogP contribution in [0, 0.1) is 0 Å². The Morgan fingerprint density at radius 3 is 0.903 bits per heavy atom. The highest BCUT2D eigenvalue weighted by Crippen LogP contribution is 2.45. The summed E-state index contributed by atoms with van der Waals surface area (Å²) in [5, 5.41) is 6.61. The van der Waals surface area contributed by atoms with Crippen LogP contribution in [0.25, 0.3) is 71.4 Å². The molecule has 0 aliphatic heterocycles. The van der Waals surface area contributed by atoms with Crippen molar-refractivity contribution >= 4 is 117 Å².